The van der Waals surface area contributed by atoms with E-state index in [4.69, 9.17) is 22.8 Å². The number of alkyl halides is 7. The number of ether oxygens (including phenoxy) is 1. The van der Waals surface area contributed by atoms with Crippen LogP contribution in [0.15, 0.2) is 0 Å². The standard InChI is InChI=1S/C74H113ClF6N12O13/c1-12-32-92-57(40-48-22-26-50(27-23-48)73(76,77)78)67(101)86(7)42-58(94)82-53(29-25-47-24-28-51(52(75)39-47)74(79,80)81)66(100)93-33-18-21-54(93)65(99)84-72(30-16-17-31-72)71(105)90(11)63(49-19-14-15-20-49)70(104)89(10)56(68(102)91-34-36-106-37-35-91)41-59(95)88(9)55(38-45(3)4)64(98)83-62(46(5)13-2)69(103)87(8)43-60(96)85(6)44-61(92)97/h1,45-57,62-63H,13-44H2,2-11H3,(H,82,94)(H,83,98)(H,84,99)/t46-,47?,48?,50?,51?,52?,53-,54-,55-,56-,57-,62-,63-/m0/s1. The molecule has 3 aliphatic heterocycles. The molecule has 0 aromatic carbocycles. The number of nitrogens with zero attached hydrogens (tertiary/aromatic N) is 9. The molecule has 0 aromatic rings. The zero-order chi connectivity index (χ0) is 78.4. The summed E-state index contributed by atoms with van der Waals surface area (Å²) in [7, 11) is 8.06. The molecule has 0 bridgehead atoms. The van der Waals surface area contributed by atoms with Crippen LogP contribution < -0.4 is 16.0 Å². The molecule has 3 N–H and O–H groups in total. The van der Waals surface area contributed by atoms with Crippen LogP contribution in [-0.4, -0.2) is 282 Å². The van der Waals surface area contributed by atoms with Gasteiger partial charge in [-0.2, -0.15) is 26.3 Å². The molecule has 106 heavy (non-hydrogen) atoms. The first kappa shape index (κ1) is 86.3. The van der Waals surface area contributed by atoms with Gasteiger partial charge in [-0.25, -0.2) is 0 Å². The molecule has 25 nitrogen and oxygen atoms in total. The van der Waals surface area contributed by atoms with Crippen molar-refractivity contribution < 1.29 is 88.6 Å². The average molecular weight is 1530 g/mol. The topological polar surface area (TPSA) is 279 Å². The normalized spacial score (nSPS) is 30.3. The van der Waals surface area contributed by atoms with Crippen molar-refractivity contribution in [1.82, 2.24) is 60.0 Å². The lowest BCUT2D eigenvalue weighted by molar-refractivity contribution is -0.184. The number of nitrogens with one attached hydrogen (secondary N) is 3. The zero-order valence-electron chi connectivity index (χ0n) is 63.3. The van der Waals surface area contributed by atoms with Crippen LogP contribution in [0.3, 0.4) is 0 Å². The number of fused-ring (bicyclic) bond motifs is 1. The number of morpholine rings is 1. The first-order chi connectivity index (χ1) is 49.8. The molecule has 7 fully saturated rings. The molecule has 4 aliphatic carbocycles. The van der Waals surface area contributed by atoms with Crippen molar-refractivity contribution in [3.05, 3.63) is 0 Å². The Kier molecular flexibility index (Phi) is 30.9. The van der Waals surface area contributed by atoms with Gasteiger partial charge in [-0.15, -0.1) is 18.0 Å². The maximum absolute atomic E-state index is 15.7. The monoisotopic (exact) mass is 1530 g/mol. The van der Waals surface area contributed by atoms with E-state index in [1.807, 2.05) is 13.8 Å². The van der Waals surface area contributed by atoms with Gasteiger partial charge >= 0.3 is 12.4 Å². The van der Waals surface area contributed by atoms with Crippen LogP contribution in [0.4, 0.5) is 26.3 Å². The number of amides is 12. The fourth-order valence-electron chi connectivity index (χ4n) is 16.8. The third kappa shape index (κ3) is 21.7. The molecule has 3 heterocycles. The average Bonchev–Trinajstić information content (AvgIpc) is 1.56. The van der Waals surface area contributed by atoms with Crippen molar-refractivity contribution in [2.75, 3.05) is 101 Å². The van der Waals surface area contributed by atoms with Crippen LogP contribution in [0, 0.1) is 53.8 Å². The highest BCUT2D eigenvalue weighted by atomic mass is 35.5. The second kappa shape index (κ2) is 37.9. The summed E-state index contributed by atoms with van der Waals surface area (Å²) in [4.78, 5) is 191. The van der Waals surface area contributed by atoms with Crippen molar-refractivity contribution in [2.45, 2.75) is 241 Å². The number of terminal acetylenes is 1. The van der Waals surface area contributed by atoms with Gasteiger partial charge in [-0.05, 0) is 139 Å². The minimum absolute atomic E-state index is 0.00566. The van der Waals surface area contributed by atoms with Crippen LogP contribution in [0.25, 0.3) is 0 Å². The number of carbonyl (C=O) groups is 12. The summed E-state index contributed by atoms with van der Waals surface area (Å²) in [5, 5.41) is 7.34. The van der Waals surface area contributed by atoms with Crippen LogP contribution >= 0.6 is 11.6 Å². The summed E-state index contributed by atoms with van der Waals surface area (Å²) in [5.74, 6) is -12.3. The fourth-order valence-corrected chi connectivity index (χ4v) is 17.4. The van der Waals surface area contributed by atoms with Crippen molar-refractivity contribution >= 4 is 82.5 Å². The molecule has 7 rings (SSSR count). The molecular weight excluding hydrogens is 1410 g/mol. The lowest BCUT2D eigenvalue weighted by atomic mass is 9.78. The highest BCUT2D eigenvalue weighted by Gasteiger charge is 2.53. The largest absolute Gasteiger partial charge is 0.393 e. The lowest BCUT2D eigenvalue weighted by Gasteiger charge is -2.42. The van der Waals surface area contributed by atoms with Crippen molar-refractivity contribution in [2.24, 2.45) is 41.4 Å². The maximum atomic E-state index is 15.7. The quantitative estimate of drug-likeness (QED) is 0.120. The molecule has 596 valence electrons. The Morgan fingerprint density at radius 2 is 1.25 bits per heavy atom. The van der Waals surface area contributed by atoms with Gasteiger partial charge in [0.15, 0.2) is 0 Å². The highest BCUT2D eigenvalue weighted by Crippen LogP contribution is 2.45. The van der Waals surface area contributed by atoms with Crippen LogP contribution in [0.5, 0.6) is 0 Å². The van der Waals surface area contributed by atoms with Gasteiger partial charge in [0.2, 0.25) is 70.9 Å². The van der Waals surface area contributed by atoms with Crippen LogP contribution in [0.1, 0.15) is 175 Å². The first-order valence-corrected chi connectivity index (χ1v) is 38.4. The smallest absolute Gasteiger partial charge is 0.378 e. The number of hydrogen-bond donors (Lipinski definition) is 3. The van der Waals surface area contributed by atoms with Crippen LogP contribution in [-0.2, 0) is 62.3 Å². The second-order valence-electron chi connectivity index (χ2n) is 31.4. The van der Waals surface area contributed by atoms with E-state index in [9.17, 15) is 50.3 Å². The molecule has 12 amide bonds. The van der Waals surface area contributed by atoms with Crippen molar-refractivity contribution in [3.63, 3.8) is 0 Å². The number of halogens is 7. The molecule has 32 heteroatoms. The van der Waals surface area contributed by atoms with Crippen molar-refractivity contribution in [1.29, 1.82) is 0 Å². The Bertz CT molecular complexity index is 3170. The van der Waals surface area contributed by atoms with E-state index in [1.54, 1.807) is 13.8 Å². The van der Waals surface area contributed by atoms with Gasteiger partial charge in [0.25, 0.3) is 0 Å². The minimum Gasteiger partial charge on any atom is -0.378 e. The molecule has 0 radical (unpaired) electrons. The van der Waals surface area contributed by atoms with Gasteiger partial charge in [0.1, 0.15) is 47.8 Å². The van der Waals surface area contributed by atoms with E-state index in [1.165, 1.54) is 66.8 Å². The summed E-state index contributed by atoms with van der Waals surface area (Å²) in [5.41, 5.74) is -1.62. The molecular formula is C74H113ClF6N12O13. The molecule has 1 spiro atoms. The Morgan fingerprint density at radius 1 is 0.642 bits per heavy atom. The minimum atomic E-state index is -4.57. The third-order valence-corrected chi connectivity index (χ3v) is 24.0. The van der Waals surface area contributed by atoms with E-state index in [0.29, 0.717) is 44.9 Å². The van der Waals surface area contributed by atoms with Crippen molar-refractivity contribution in [3.8, 4) is 12.3 Å². The predicted molar refractivity (Wildman–Crippen MR) is 380 cm³/mol. The maximum Gasteiger partial charge on any atom is 0.393 e. The first-order valence-electron chi connectivity index (χ1n) is 38.0. The Balaban J connectivity index is 1.29. The van der Waals surface area contributed by atoms with Gasteiger partial charge in [0, 0.05) is 67.3 Å². The number of rotatable bonds is 12. The molecule has 4 saturated carbocycles. The van der Waals surface area contributed by atoms with E-state index >= 15 is 33.6 Å². The van der Waals surface area contributed by atoms with Gasteiger partial charge < -0.3 is 64.8 Å². The molecule has 11 atom stereocenters. The lowest BCUT2D eigenvalue weighted by Crippen LogP contribution is -2.65. The number of likely N-dealkylation sites (N-methyl/N-ethyl adjacent to an activating group) is 6. The van der Waals surface area contributed by atoms with E-state index in [0.717, 1.165) is 19.6 Å². The summed E-state index contributed by atoms with van der Waals surface area (Å²) >= 11 is 6.39. The Morgan fingerprint density at radius 3 is 1.84 bits per heavy atom. The molecule has 3 saturated heterocycles. The number of hydrogen-bond acceptors (Lipinski definition) is 13. The summed E-state index contributed by atoms with van der Waals surface area (Å²) in [6.07, 6.45) is -0.556. The predicted octanol–water partition coefficient (Wildman–Crippen LogP) is 5.73. The number of carbonyl (C=O) groups excluding carboxylic acids is 12. The molecule has 7 aliphatic rings. The van der Waals surface area contributed by atoms with E-state index in [2.05, 4.69) is 21.9 Å². The van der Waals surface area contributed by atoms with Gasteiger partial charge in [-0.3, -0.25) is 57.5 Å². The molecule has 3 unspecified atom stereocenters. The Labute approximate surface area is 624 Å². The third-order valence-electron chi connectivity index (χ3n) is 23.5. The zero-order valence-corrected chi connectivity index (χ0v) is 64.1. The second-order valence-corrected chi connectivity index (χ2v) is 32.0. The SMILES string of the molecule is C#CCN1C(=O)CN(C)C(=O)CN(C)C(=O)[C@H]([C@@H](C)CC)NC(=O)[C@H](CC(C)C)N(C)C(=O)C[C@@H](C(=O)N2CCOCC2)N(C)C(=O)[C@H](C2CCCC2)N(C)C(=O)C2(CCCC2)NC(=O)[C@@H]2CCCN2C(=O)[C@H](CCC2CCC(C(F)(F)F)C(Cl)C2)NC(=O)CN(C)C(=O)[C@@H]1CC1CCC(C(F)(F)F)CC1. The van der Waals surface area contributed by atoms with Gasteiger partial charge in [0.05, 0.1) is 57.6 Å². The fraction of sp³-hybridized carbons (Fsp3) is 0.811. The highest BCUT2D eigenvalue weighted by molar-refractivity contribution is 6.21. The summed E-state index contributed by atoms with van der Waals surface area (Å²) in [6.45, 7) is 4.95. The van der Waals surface area contributed by atoms with E-state index in [-0.39, 0.29) is 135 Å². The van der Waals surface area contributed by atoms with Gasteiger partial charge in [-0.1, -0.05) is 65.7 Å². The van der Waals surface area contributed by atoms with Crippen LogP contribution in [0.2, 0.25) is 0 Å². The van der Waals surface area contributed by atoms with E-state index < -0.39 is 205 Å². The summed E-state index contributed by atoms with van der Waals surface area (Å²) in [6, 6.07) is -9.52. The summed E-state index contributed by atoms with van der Waals surface area (Å²) < 4.78 is 89.8. The Hall–Kier alpha value is -6.97. The molecule has 0 aromatic heterocycles.